The summed E-state index contributed by atoms with van der Waals surface area (Å²) in [7, 11) is 0. The third-order valence-electron chi connectivity index (χ3n) is 2.75. The lowest BCUT2D eigenvalue weighted by molar-refractivity contribution is 0.104. The Morgan fingerprint density at radius 2 is 1.81 bits per heavy atom. The average Bonchev–Trinajstić information content (AvgIpc) is 2.60. The van der Waals surface area contributed by atoms with E-state index in [1.807, 2.05) is 0 Å². The Kier molecular flexibility index (Phi) is 4.78. The van der Waals surface area contributed by atoms with Gasteiger partial charge < -0.3 is 5.11 Å². The minimum atomic E-state index is -0.610. The highest BCUT2D eigenvalue weighted by Crippen LogP contribution is 2.22. The average molecular weight is 321 g/mol. The van der Waals surface area contributed by atoms with Crippen LogP contribution in [0.1, 0.15) is 15.9 Å². The third kappa shape index (κ3) is 3.72. The first-order valence-electron chi connectivity index (χ1n) is 5.99. The quantitative estimate of drug-likeness (QED) is 0.688. The molecule has 106 valence electrons. The smallest absolute Gasteiger partial charge is 0.220 e. The molecule has 0 spiro atoms. The molecule has 0 fully saturated rings. The number of aromatic hydroxyl groups is 1. The second-order valence-corrected chi connectivity index (χ2v) is 5.05. The standard InChI is InChI=1S/C16H10Cl2O3/c17-11-7-5-10(13(18)9-11)6-8-14(19)12-3-1-2-4-15(20)16(12)21/h1-9H,(H,20,21)/b8-6+. The molecule has 0 atom stereocenters. The molecule has 0 aliphatic carbocycles. The van der Waals surface area contributed by atoms with Crippen LogP contribution in [0.2, 0.25) is 10.0 Å². The van der Waals surface area contributed by atoms with Crippen LogP contribution >= 0.6 is 23.2 Å². The number of rotatable bonds is 3. The Morgan fingerprint density at radius 3 is 2.52 bits per heavy atom. The Labute approximate surface area is 131 Å². The summed E-state index contributed by atoms with van der Waals surface area (Å²) >= 11 is 11.8. The first-order chi connectivity index (χ1) is 9.99. The summed E-state index contributed by atoms with van der Waals surface area (Å²) in [5.74, 6) is -1.07. The van der Waals surface area contributed by atoms with E-state index < -0.39 is 17.0 Å². The molecule has 2 rings (SSSR count). The number of carbonyl (C=O) groups excluding carboxylic acids is 1. The topological polar surface area (TPSA) is 54.4 Å². The molecule has 2 aromatic carbocycles. The molecule has 0 aliphatic rings. The molecular formula is C16H10Cl2O3. The van der Waals surface area contributed by atoms with Crippen LogP contribution in [0.25, 0.3) is 6.08 Å². The van der Waals surface area contributed by atoms with E-state index in [9.17, 15) is 14.7 Å². The zero-order valence-corrected chi connectivity index (χ0v) is 12.2. The van der Waals surface area contributed by atoms with Gasteiger partial charge in [0.2, 0.25) is 5.43 Å². The highest BCUT2D eigenvalue weighted by molar-refractivity contribution is 6.35. The van der Waals surface area contributed by atoms with E-state index in [2.05, 4.69) is 0 Å². The lowest BCUT2D eigenvalue weighted by atomic mass is 10.1. The summed E-state index contributed by atoms with van der Waals surface area (Å²) in [6.45, 7) is 0. The summed E-state index contributed by atoms with van der Waals surface area (Å²) in [5, 5.41) is 10.6. The SMILES string of the molecule is O=C(/C=C/c1ccc(Cl)cc1Cl)c1ccccc(=O)c1O. The maximum Gasteiger partial charge on any atom is 0.220 e. The van der Waals surface area contributed by atoms with Gasteiger partial charge >= 0.3 is 0 Å². The van der Waals surface area contributed by atoms with E-state index in [0.717, 1.165) is 0 Å². The van der Waals surface area contributed by atoms with Gasteiger partial charge in [-0.1, -0.05) is 41.4 Å². The van der Waals surface area contributed by atoms with E-state index in [-0.39, 0.29) is 5.56 Å². The summed E-state index contributed by atoms with van der Waals surface area (Å²) in [6.07, 6.45) is 2.74. The maximum absolute atomic E-state index is 12.1. The van der Waals surface area contributed by atoms with Crippen molar-refractivity contribution in [1.29, 1.82) is 0 Å². The number of hydrogen-bond acceptors (Lipinski definition) is 3. The van der Waals surface area contributed by atoms with Crippen LogP contribution in [0.15, 0.2) is 53.3 Å². The van der Waals surface area contributed by atoms with Gasteiger partial charge in [-0.05, 0) is 42.0 Å². The van der Waals surface area contributed by atoms with Crippen LogP contribution in [0.4, 0.5) is 0 Å². The molecule has 2 aromatic rings. The van der Waals surface area contributed by atoms with Gasteiger partial charge in [-0.25, -0.2) is 0 Å². The molecule has 0 bridgehead atoms. The number of halogens is 2. The van der Waals surface area contributed by atoms with Crippen molar-refractivity contribution in [2.45, 2.75) is 0 Å². The molecule has 0 aliphatic heterocycles. The lowest BCUT2D eigenvalue weighted by Gasteiger charge is -1.99. The van der Waals surface area contributed by atoms with Gasteiger partial charge in [0.1, 0.15) is 0 Å². The molecule has 0 aromatic heterocycles. The summed E-state index contributed by atoms with van der Waals surface area (Å²) in [5.41, 5.74) is -0.0656. The fourth-order valence-electron chi connectivity index (χ4n) is 1.68. The first kappa shape index (κ1) is 15.3. The fraction of sp³-hybridized carbons (Fsp3) is 0. The van der Waals surface area contributed by atoms with Crippen molar-refractivity contribution in [3.8, 4) is 5.75 Å². The van der Waals surface area contributed by atoms with E-state index in [4.69, 9.17) is 23.2 Å². The molecule has 0 saturated carbocycles. The van der Waals surface area contributed by atoms with Gasteiger partial charge in [-0.3, -0.25) is 9.59 Å². The first-order valence-corrected chi connectivity index (χ1v) is 6.74. The minimum absolute atomic E-state index is 0.0636. The number of benzene rings is 1. The minimum Gasteiger partial charge on any atom is -0.504 e. The van der Waals surface area contributed by atoms with Crippen molar-refractivity contribution >= 4 is 35.1 Å². The second kappa shape index (κ2) is 6.57. The summed E-state index contributed by atoms with van der Waals surface area (Å²) in [4.78, 5) is 23.5. The van der Waals surface area contributed by atoms with Crippen molar-refractivity contribution in [3.63, 3.8) is 0 Å². The highest BCUT2D eigenvalue weighted by atomic mass is 35.5. The van der Waals surface area contributed by atoms with Crippen LogP contribution in [-0.2, 0) is 0 Å². The van der Waals surface area contributed by atoms with Crippen LogP contribution in [0, 0.1) is 0 Å². The second-order valence-electron chi connectivity index (χ2n) is 4.21. The predicted octanol–water partition coefficient (Wildman–Crippen LogP) is 3.96. The zero-order chi connectivity index (χ0) is 15.4. The third-order valence-corrected chi connectivity index (χ3v) is 3.31. The van der Waals surface area contributed by atoms with Crippen molar-refractivity contribution < 1.29 is 9.90 Å². The van der Waals surface area contributed by atoms with Gasteiger partial charge in [-0.2, -0.15) is 0 Å². The van der Waals surface area contributed by atoms with Gasteiger partial charge in [0.05, 0.1) is 5.56 Å². The Balaban J connectivity index is 2.35. The molecule has 0 amide bonds. The van der Waals surface area contributed by atoms with Crippen molar-refractivity contribution in [2.24, 2.45) is 0 Å². The fourth-order valence-corrected chi connectivity index (χ4v) is 2.15. The van der Waals surface area contributed by atoms with Crippen LogP contribution in [0.3, 0.4) is 0 Å². The van der Waals surface area contributed by atoms with Crippen molar-refractivity contribution in [1.82, 2.24) is 0 Å². The van der Waals surface area contributed by atoms with Crippen molar-refractivity contribution in [3.05, 3.63) is 79.9 Å². The Hall–Kier alpha value is -2.10. The number of hydrogen-bond donors (Lipinski definition) is 1. The highest BCUT2D eigenvalue weighted by Gasteiger charge is 2.09. The summed E-state index contributed by atoms with van der Waals surface area (Å²) < 4.78 is 0. The van der Waals surface area contributed by atoms with Gasteiger partial charge in [0.25, 0.3) is 0 Å². The molecule has 1 N–H and O–H groups in total. The normalized spacial score (nSPS) is 10.8. The molecule has 0 saturated heterocycles. The van der Waals surface area contributed by atoms with Crippen LogP contribution in [-0.4, -0.2) is 10.9 Å². The predicted molar refractivity (Wildman–Crippen MR) is 84.2 cm³/mol. The molecule has 5 heteroatoms. The molecule has 21 heavy (non-hydrogen) atoms. The number of ketones is 1. The largest absolute Gasteiger partial charge is 0.504 e. The van der Waals surface area contributed by atoms with Gasteiger partial charge in [0.15, 0.2) is 11.5 Å². The number of allylic oxidation sites excluding steroid dienone is 1. The zero-order valence-electron chi connectivity index (χ0n) is 10.7. The molecule has 0 unspecified atom stereocenters. The number of carbonyl (C=O) groups is 1. The monoisotopic (exact) mass is 320 g/mol. The maximum atomic E-state index is 12.1. The van der Waals surface area contributed by atoms with Gasteiger partial charge in [-0.15, -0.1) is 0 Å². The van der Waals surface area contributed by atoms with E-state index in [0.29, 0.717) is 15.6 Å². The van der Waals surface area contributed by atoms with E-state index in [1.54, 1.807) is 18.2 Å². The molecule has 0 radical (unpaired) electrons. The molecule has 3 nitrogen and oxygen atoms in total. The Bertz CT molecular complexity index is 783. The van der Waals surface area contributed by atoms with Crippen molar-refractivity contribution in [2.75, 3.05) is 0 Å². The Morgan fingerprint density at radius 1 is 1.10 bits per heavy atom. The summed E-state index contributed by atoms with van der Waals surface area (Å²) in [6, 6.07) is 10.4. The molecule has 0 heterocycles. The molecular weight excluding hydrogens is 311 g/mol. The van der Waals surface area contributed by atoms with Gasteiger partial charge in [0, 0.05) is 10.0 Å². The van der Waals surface area contributed by atoms with Crippen LogP contribution in [0.5, 0.6) is 5.75 Å². The van der Waals surface area contributed by atoms with E-state index in [1.165, 1.54) is 36.4 Å². The van der Waals surface area contributed by atoms with Crippen LogP contribution < -0.4 is 5.43 Å². The lowest BCUT2D eigenvalue weighted by Crippen LogP contribution is -2.01. The van der Waals surface area contributed by atoms with E-state index >= 15 is 0 Å².